The van der Waals surface area contributed by atoms with E-state index in [1.165, 1.54) is 68.4 Å². The fourth-order valence-electron chi connectivity index (χ4n) is 8.63. The first-order valence-electron chi connectivity index (χ1n) is 19.9. The molecular formula is C54H48N2. The topological polar surface area (TPSA) is 6.48 Å². The Morgan fingerprint density at radius 1 is 0.339 bits per heavy atom. The molecule has 56 heavy (non-hydrogen) atoms. The Labute approximate surface area is 332 Å². The first kappa shape index (κ1) is 35.3. The molecule has 0 heterocycles. The fraction of sp³-hybridized carbons (Fsp3) is 0.148. The summed E-state index contributed by atoms with van der Waals surface area (Å²) in [4.78, 5) is 4.79. The van der Waals surface area contributed by atoms with E-state index in [2.05, 4.69) is 232 Å². The van der Waals surface area contributed by atoms with Gasteiger partial charge in [0.15, 0.2) is 0 Å². The van der Waals surface area contributed by atoms with Crippen LogP contribution in [0, 0.1) is 0 Å². The number of hydrogen-bond acceptors (Lipinski definition) is 2. The van der Waals surface area contributed by atoms with Crippen LogP contribution >= 0.6 is 0 Å². The number of hydrogen-bond donors (Lipinski definition) is 0. The van der Waals surface area contributed by atoms with Gasteiger partial charge < -0.3 is 9.80 Å². The van der Waals surface area contributed by atoms with Gasteiger partial charge in [0.05, 0.1) is 5.69 Å². The van der Waals surface area contributed by atoms with Crippen LogP contribution in [0.4, 0.5) is 34.1 Å². The van der Waals surface area contributed by atoms with E-state index in [-0.39, 0.29) is 10.8 Å². The summed E-state index contributed by atoms with van der Waals surface area (Å²) in [7, 11) is 0. The largest absolute Gasteiger partial charge is 0.310 e. The van der Waals surface area contributed by atoms with E-state index in [0.717, 1.165) is 22.7 Å². The van der Waals surface area contributed by atoms with Gasteiger partial charge in [-0.3, -0.25) is 0 Å². The van der Waals surface area contributed by atoms with Gasteiger partial charge in [-0.05, 0) is 129 Å². The van der Waals surface area contributed by atoms with Crippen molar-refractivity contribution in [3.05, 3.63) is 205 Å². The summed E-state index contributed by atoms with van der Waals surface area (Å²) in [6, 6.07) is 70.7. The van der Waals surface area contributed by atoms with Gasteiger partial charge >= 0.3 is 0 Å². The van der Waals surface area contributed by atoms with Crippen LogP contribution in [-0.2, 0) is 10.8 Å². The molecule has 8 aromatic carbocycles. The van der Waals surface area contributed by atoms with Crippen molar-refractivity contribution in [3.63, 3.8) is 0 Å². The molecule has 1 aliphatic rings. The molecule has 0 bridgehead atoms. The van der Waals surface area contributed by atoms with Crippen molar-refractivity contribution in [2.75, 3.05) is 9.80 Å². The van der Waals surface area contributed by atoms with E-state index in [1.807, 2.05) is 0 Å². The first-order valence-corrected chi connectivity index (χ1v) is 19.9. The lowest BCUT2D eigenvalue weighted by Gasteiger charge is -2.42. The second kappa shape index (κ2) is 14.4. The van der Waals surface area contributed by atoms with E-state index in [0.29, 0.717) is 0 Å². The Balaban J connectivity index is 1.08. The van der Waals surface area contributed by atoms with E-state index >= 15 is 0 Å². The summed E-state index contributed by atoms with van der Waals surface area (Å²) >= 11 is 0. The molecule has 1 aliphatic carbocycles. The minimum Gasteiger partial charge on any atom is -0.310 e. The van der Waals surface area contributed by atoms with Crippen LogP contribution in [0.3, 0.4) is 0 Å². The van der Waals surface area contributed by atoms with Crippen LogP contribution in [-0.4, -0.2) is 0 Å². The van der Waals surface area contributed by atoms with Gasteiger partial charge in [-0.2, -0.15) is 0 Å². The fourth-order valence-corrected chi connectivity index (χ4v) is 8.63. The summed E-state index contributed by atoms with van der Waals surface area (Å²) in [5, 5.41) is 2.48. The summed E-state index contributed by atoms with van der Waals surface area (Å²) in [5.41, 5.74) is 14.9. The lowest BCUT2D eigenvalue weighted by atomic mass is 9.63. The zero-order valence-electron chi connectivity index (χ0n) is 32.8. The van der Waals surface area contributed by atoms with Crippen LogP contribution in [0.25, 0.3) is 33.0 Å². The number of nitrogens with zero attached hydrogens (tertiary/aromatic N) is 2. The molecule has 8 aromatic rings. The molecule has 0 aliphatic heterocycles. The van der Waals surface area contributed by atoms with E-state index in [9.17, 15) is 0 Å². The summed E-state index contributed by atoms with van der Waals surface area (Å²) in [6.45, 7) is 9.62. The highest BCUT2D eigenvalue weighted by atomic mass is 15.1. The number of rotatable bonds is 8. The molecule has 0 saturated heterocycles. The minimum atomic E-state index is 0.113. The van der Waals surface area contributed by atoms with Crippen molar-refractivity contribution < 1.29 is 0 Å². The van der Waals surface area contributed by atoms with Crippen molar-refractivity contribution in [2.24, 2.45) is 0 Å². The second-order valence-corrected chi connectivity index (χ2v) is 16.5. The summed E-state index contributed by atoms with van der Waals surface area (Å²) in [6.07, 6.45) is 2.38. The molecule has 0 unspecified atom stereocenters. The third-order valence-corrected chi connectivity index (χ3v) is 11.9. The van der Waals surface area contributed by atoms with Gasteiger partial charge in [-0.25, -0.2) is 0 Å². The lowest BCUT2D eigenvalue weighted by Crippen LogP contribution is -2.34. The van der Waals surface area contributed by atoms with Crippen LogP contribution < -0.4 is 9.80 Å². The Morgan fingerprint density at radius 2 is 0.804 bits per heavy atom. The number of fused-ring (bicyclic) bond motifs is 2. The molecule has 0 atom stereocenters. The van der Waals surface area contributed by atoms with Gasteiger partial charge in [0.2, 0.25) is 0 Å². The standard InChI is InChI=1S/C54H48N2/c1-53(2)35-36-54(3,4)51-38-48(33-34-50(51)53)56(52-24-14-18-42-17-11-12-23-49(42)52)46-31-27-41(28-32-46)40-25-29-45(30-26-40)55(44-20-9-6-10-21-44)47-22-13-19-43(37-47)39-15-7-5-8-16-39/h5-34,37-38H,35-36H2,1-4H3. The third kappa shape index (κ3) is 6.66. The van der Waals surface area contributed by atoms with Crippen molar-refractivity contribution in [3.8, 4) is 22.3 Å². The highest BCUT2D eigenvalue weighted by molar-refractivity contribution is 5.99. The second-order valence-electron chi connectivity index (χ2n) is 16.5. The van der Waals surface area contributed by atoms with Crippen LogP contribution in [0.2, 0.25) is 0 Å². The van der Waals surface area contributed by atoms with Crippen LogP contribution in [0.5, 0.6) is 0 Å². The quantitative estimate of drug-likeness (QED) is 0.154. The first-order chi connectivity index (χ1) is 27.2. The maximum Gasteiger partial charge on any atom is 0.0540 e. The molecule has 0 saturated carbocycles. The number of benzene rings is 8. The molecule has 0 radical (unpaired) electrons. The summed E-state index contributed by atoms with van der Waals surface area (Å²) in [5.74, 6) is 0. The Kier molecular flexibility index (Phi) is 9.06. The van der Waals surface area contributed by atoms with Crippen LogP contribution in [0.15, 0.2) is 194 Å². The molecule has 0 N–H and O–H groups in total. The molecule has 0 spiro atoms. The van der Waals surface area contributed by atoms with Crippen molar-refractivity contribution in [1.29, 1.82) is 0 Å². The molecular weight excluding hydrogens is 677 g/mol. The normalized spacial score (nSPS) is 14.2. The third-order valence-electron chi connectivity index (χ3n) is 11.9. The van der Waals surface area contributed by atoms with Crippen molar-refractivity contribution >= 4 is 44.9 Å². The van der Waals surface area contributed by atoms with E-state index < -0.39 is 0 Å². The molecule has 2 nitrogen and oxygen atoms in total. The lowest BCUT2D eigenvalue weighted by molar-refractivity contribution is 0.332. The van der Waals surface area contributed by atoms with Gasteiger partial charge in [-0.1, -0.05) is 155 Å². The number of para-hydroxylation sites is 1. The zero-order chi connectivity index (χ0) is 38.3. The van der Waals surface area contributed by atoms with Gasteiger partial charge in [0, 0.05) is 33.8 Å². The highest BCUT2D eigenvalue weighted by Crippen LogP contribution is 2.49. The SMILES string of the molecule is CC1(C)CCC(C)(C)c2cc(N(c3ccc(-c4ccc(N(c5ccccc5)c5cccc(-c6ccccc6)c5)cc4)cc3)c3cccc4ccccc34)ccc21. The molecule has 0 fully saturated rings. The molecule has 0 amide bonds. The smallest absolute Gasteiger partial charge is 0.0540 e. The average Bonchev–Trinajstić information content (AvgIpc) is 3.24. The van der Waals surface area contributed by atoms with Gasteiger partial charge in [0.25, 0.3) is 0 Å². The predicted octanol–water partition coefficient (Wildman–Crippen LogP) is 15.5. The number of anilines is 6. The van der Waals surface area contributed by atoms with Gasteiger partial charge in [-0.15, -0.1) is 0 Å². The maximum atomic E-state index is 2.47. The monoisotopic (exact) mass is 724 g/mol. The molecule has 274 valence electrons. The van der Waals surface area contributed by atoms with Crippen molar-refractivity contribution in [2.45, 2.75) is 51.4 Å². The van der Waals surface area contributed by atoms with Crippen molar-refractivity contribution in [1.82, 2.24) is 0 Å². The van der Waals surface area contributed by atoms with Crippen LogP contribution in [0.1, 0.15) is 51.7 Å². The van der Waals surface area contributed by atoms with E-state index in [4.69, 9.17) is 0 Å². The van der Waals surface area contributed by atoms with E-state index in [1.54, 1.807) is 0 Å². The minimum absolute atomic E-state index is 0.113. The molecule has 2 heteroatoms. The maximum absolute atomic E-state index is 2.47. The zero-order valence-corrected chi connectivity index (χ0v) is 32.8. The highest BCUT2D eigenvalue weighted by Gasteiger charge is 2.37. The Hall–Kier alpha value is -6.38. The Morgan fingerprint density at radius 3 is 1.50 bits per heavy atom. The molecule has 0 aromatic heterocycles. The summed E-state index contributed by atoms with van der Waals surface area (Å²) < 4.78 is 0. The van der Waals surface area contributed by atoms with Gasteiger partial charge in [0.1, 0.15) is 0 Å². The Bertz CT molecular complexity index is 2620. The molecule has 9 rings (SSSR count). The average molecular weight is 725 g/mol. The predicted molar refractivity (Wildman–Crippen MR) is 239 cm³/mol.